The van der Waals surface area contributed by atoms with Gasteiger partial charge in [-0.1, -0.05) is 55.1 Å². The van der Waals surface area contributed by atoms with Gasteiger partial charge in [0.05, 0.1) is 6.08 Å². The van der Waals surface area contributed by atoms with E-state index in [0.717, 1.165) is 22.3 Å². The van der Waals surface area contributed by atoms with Crippen LogP contribution in [0.4, 0.5) is 0 Å². The van der Waals surface area contributed by atoms with Crippen molar-refractivity contribution in [2.24, 2.45) is 0 Å². The van der Waals surface area contributed by atoms with E-state index in [0.29, 0.717) is 0 Å². The first-order valence-electron chi connectivity index (χ1n) is 6.06. The molecule has 1 aliphatic rings. The number of esters is 1. The Morgan fingerprint density at radius 1 is 1.05 bits per heavy atom. The molecule has 0 unspecified atom stereocenters. The largest absolute Gasteiger partial charge is 0.449 e. The summed E-state index contributed by atoms with van der Waals surface area (Å²) in [5.41, 5.74) is 6.73. The average molecular weight is 248 g/mol. The van der Waals surface area contributed by atoms with Crippen LogP contribution in [0.5, 0.6) is 0 Å². The number of hydrogen-bond donors (Lipinski definition) is 0. The highest BCUT2D eigenvalue weighted by atomic mass is 16.5. The number of fused-ring (bicyclic) bond motifs is 3. The van der Waals surface area contributed by atoms with Crippen LogP contribution in [0.25, 0.3) is 11.1 Å². The SMILES string of the molecule is C=C=CC(=O)OC1c2ccccc2-c2ccccc21. The molecular weight excluding hydrogens is 236 g/mol. The van der Waals surface area contributed by atoms with Crippen LogP contribution < -0.4 is 0 Å². The normalized spacial score (nSPS) is 12.2. The maximum absolute atomic E-state index is 11.6. The van der Waals surface area contributed by atoms with Gasteiger partial charge in [0.25, 0.3) is 0 Å². The zero-order valence-electron chi connectivity index (χ0n) is 10.3. The zero-order valence-corrected chi connectivity index (χ0v) is 10.3. The van der Waals surface area contributed by atoms with Crippen LogP contribution in [0.3, 0.4) is 0 Å². The van der Waals surface area contributed by atoms with Crippen LogP contribution in [-0.4, -0.2) is 5.97 Å². The minimum Gasteiger partial charge on any atom is -0.449 e. The number of carbonyl (C=O) groups is 1. The second kappa shape index (κ2) is 4.60. The highest BCUT2D eigenvalue weighted by molar-refractivity contribution is 5.84. The van der Waals surface area contributed by atoms with Gasteiger partial charge in [-0.05, 0) is 11.1 Å². The Kier molecular flexibility index (Phi) is 2.79. The predicted molar refractivity (Wildman–Crippen MR) is 73.5 cm³/mol. The summed E-state index contributed by atoms with van der Waals surface area (Å²) < 4.78 is 5.51. The maximum atomic E-state index is 11.6. The van der Waals surface area contributed by atoms with E-state index in [4.69, 9.17) is 4.74 Å². The van der Waals surface area contributed by atoms with Gasteiger partial charge >= 0.3 is 5.97 Å². The molecule has 2 aromatic rings. The molecule has 0 heterocycles. The third-order valence-electron chi connectivity index (χ3n) is 3.23. The van der Waals surface area contributed by atoms with Crippen LogP contribution in [0.15, 0.2) is 66.9 Å². The molecule has 0 spiro atoms. The zero-order chi connectivity index (χ0) is 13.2. The Morgan fingerprint density at radius 3 is 2.11 bits per heavy atom. The molecule has 0 bridgehead atoms. The Morgan fingerprint density at radius 2 is 1.58 bits per heavy atom. The molecule has 3 rings (SSSR count). The van der Waals surface area contributed by atoms with Crippen LogP contribution in [0.2, 0.25) is 0 Å². The summed E-state index contributed by atoms with van der Waals surface area (Å²) in [6, 6.07) is 16.0. The molecule has 0 saturated carbocycles. The van der Waals surface area contributed by atoms with Gasteiger partial charge < -0.3 is 4.74 Å². The number of ether oxygens (including phenoxy) is 1. The minimum atomic E-state index is -0.425. The van der Waals surface area contributed by atoms with Crippen molar-refractivity contribution >= 4 is 5.97 Å². The lowest BCUT2D eigenvalue weighted by atomic mass is 10.1. The summed E-state index contributed by atoms with van der Waals surface area (Å²) in [7, 11) is 0. The molecule has 19 heavy (non-hydrogen) atoms. The molecule has 0 fully saturated rings. The fraction of sp³-hybridized carbons (Fsp3) is 0.0588. The van der Waals surface area contributed by atoms with Crippen molar-refractivity contribution in [1.82, 2.24) is 0 Å². The van der Waals surface area contributed by atoms with E-state index < -0.39 is 5.97 Å². The van der Waals surface area contributed by atoms with Gasteiger partial charge in [0, 0.05) is 11.1 Å². The van der Waals surface area contributed by atoms with Crippen LogP contribution in [0.1, 0.15) is 17.2 Å². The Hall–Kier alpha value is -2.57. The van der Waals surface area contributed by atoms with Crippen molar-refractivity contribution < 1.29 is 9.53 Å². The standard InChI is InChI=1S/C17H12O2/c1-2-7-16(18)19-17-14-10-5-3-8-12(14)13-9-4-6-11-15(13)17/h3-11,17H,1H2. The van der Waals surface area contributed by atoms with Gasteiger partial charge in [0.2, 0.25) is 0 Å². The molecule has 2 nitrogen and oxygen atoms in total. The topological polar surface area (TPSA) is 26.3 Å². The monoisotopic (exact) mass is 248 g/mol. The van der Waals surface area contributed by atoms with E-state index in [2.05, 4.69) is 12.3 Å². The number of rotatable bonds is 2. The van der Waals surface area contributed by atoms with Crippen molar-refractivity contribution in [3.8, 4) is 11.1 Å². The first kappa shape index (κ1) is 11.5. The molecule has 92 valence electrons. The van der Waals surface area contributed by atoms with Crippen molar-refractivity contribution in [3.05, 3.63) is 78.0 Å². The van der Waals surface area contributed by atoms with Crippen molar-refractivity contribution in [3.63, 3.8) is 0 Å². The van der Waals surface area contributed by atoms with E-state index >= 15 is 0 Å². The lowest BCUT2D eigenvalue weighted by Gasteiger charge is -2.13. The Balaban J connectivity index is 2.09. The molecule has 0 amide bonds. The fourth-order valence-electron chi connectivity index (χ4n) is 2.47. The lowest BCUT2D eigenvalue weighted by Crippen LogP contribution is -2.07. The number of carbonyl (C=O) groups excluding carboxylic acids is 1. The molecule has 0 aromatic heterocycles. The summed E-state index contributed by atoms with van der Waals surface area (Å²) in [6.45, 7) is 3.38. The van der Waals surface area contributed by atoms with Crippen LogP contribution >= 0.6 is 0 Å². The summed E-state index contributed by atoms with van der Waals surface area (Å²) in [6.07, 6.45) is 0.869. The molecule has 0 N–H and O–H groups in total. The molecule has 0 saturated heterocycles. The highest BCUT2D eigenvalue weighted by Gasteiger charge is 2.30. The Labute approximate surface area is 111 Å². The quantitative estimate of drug-likeness (QED) is 0.461. The first-order valence-corrected chi connectivity index (χ1v) is 6.06. The summed E-state index contributed by atoms with van der Waals surface area (Å²) in [5.74, 6) is -0.425. The molecular formula is C17H12O2. The van der Waals surface area contributed by atoms with Gasteiger partial charge in [-0.3, -0.25) is 0 Å². The van der Waals surface area contributed by atoms with E-state index in [-0.39, 0.29) is 6.10 Å². The van der Waals surface area contributed by atoms with E-state index in [1.807, 2.05) is 48.5 Å². The van der Waals surface area contributed by atoms with E-state index in [1.54, 1.807) is 0 Å². The van der Waals surface area contributed by atoms with Crippen molar-refractivity contribution in [2.75, 3.05) is 0 Å². The molecule has 1 aliphatic carbocycles. The summed E-state index contributed by atoms with van der Waals surface area (Å²) in [4.78, 5) is 11.6. The van der Waals surface area contributed by atoms with Crippen molar-refractivity contribution in [2.45, 2.75) is 6.10 Å². The van der Waals surface area contributed by atoms with Gasteiger partial charge in [0.1, 0.15) is 0 Å². The molecule has 0 atom stereocenters. The maximum Gasteiger partial charge on any atom is 0.339 e. The molecule has 0 aliphatic heterocycles. The minimum absolute atomic E-state index is 0.343. The van der Waals surface area contributed by atoms with Crippen molar-refractivity contribution in [1.29, 1.82) is 0 Å². The molecule has 2 heteroatoms. The molecule has 0 radical (unpaired) electrons. The second-order valence-electron chi connectivity index (χ2n) is 4.34. The lowest BCUT2D eigenvalue weighted by molar-refractivity contribution is -0.141. The van der Waals surface area contributed by atoms with Gasteiger partial charge in [-0.25, -0.2) is 4.79 Å². The van der Waals surface area contributed by atoms with Crippen LogP contribution in [-0.2, 0) is 9.53 Å². The summed E-state index contributed by atoms with van der Waals surface area (Å²) >= 11 is 0. The van der Waals surface area contributed by atoms with Gasteiger partial charge in [0.15, 0.2) is 6.10 Å². The third kappa shape index (κ3) is 1.88. The highest BCUT2D eigenvalue weighted by Crippen LogP contribution is 2.44. The third-order valence-corrected chi connectivity index (χ3v) is 3.23. The number of benzene rings is 2. The van der Waals surface area contributed by atoms with Gasteiger partial charge in [-0.2, -0.15) is 0 Å². The first-order chi connectivity index (χ1) is 9.31. The average Bonchev–Trinajstić information content (AvgIpc) is 2.75. The fourth-order valence-corrected chi connectivity index (χ4v) is 2.47. The number of hydrogen-bond acceptors (Lipinski definition) is 2. The second-order valence-corrected chi connectivity index (χ2v) is 4.34. The Bertz CT molecular complexity index is 648. The van der Waals surface area contributed by atoms with Gasteiger partial charge in [-0.15, -0.1) is 5.73 Å². The molecule has 2 aromatic carbocycles. The van der Waals surface area contributed by atoms with Crippen LogP contribution in [0, 0.1) is 0 Å². The smallest absolute Gasteiger partial charge is 0.339 e. The summed E-state index contributed by atoms with van der Waals surface area (Å²) in [5, 5.41) is 0. The van der Waals surface area contributed by atoms with E-state index in [1.165, 1.54) is 6.08 Å². The predicted octanol–water partition coefficient (Wildman–Crippen LogP) is 3.64. The van der Waals surface area contributed by atoms with E-state index in [9.17, 15) is 4.79 Å².